The first-order valence-electron chi connectivity index (χ1n) is 6.08. The van der Waals surface area contributed by atoms with Gasteiger partial charge in [-0.2, -0.15) is 0 Å². The molecule has 106 valence electrons. The van der Waals surface area contributed by atoms with Gasteiger partial charge in [0, 0.05) is 18.2 Å². The van der Waals surface area contributed by atoms with E-state index in [9.17, 15) is 20.1 Å². The molecule has 1 aromatic rings. The zero-order valence-electron chi connectivity index (χ0n) is 10.7. The van der Waals surface area contributed by atoms with Gasteiger partial charge in [-0.05, 0) is 24.8 Å². The molecule has 6 nitrogen and oxygen atoms in total. The monoisotopic (exact) mass is 269 g/mol. The molecule has 0 bridgehead atoms. The molecule has 2 unspecified atom stereocenters. The molecule has 6 N–H and O–H groups in total. The van der Waals surface area contributed by atoms with Gasteiger partial charge in [-0.15, -0.1) is 0 Å². The number of carbonyl (C=O) groups is 1. The van der Waals surface area contributed by atoms with Gasteiger partial charge in [0.2, 0.25) is 0 Å². The Bertz CT molecular complexity index is 461. The van der Waals surface area contributed by atoms with E-state index in [-0.39, 0.29) is 30.4 Å². The number of carboxylic acid groups (broad SMARTS) is 1. The number of phenols is 3. The molecule has 1 rings (SSSR count). The Kier molecular flexibility index (Phi) is 5.00. The molecular formula is C13H19NO5. The number of benzene rings is 1. The minimum Gasteiger partial charge on any atom is -0.508 e. The molecule has 0 radical (unpaired) electrons. The highest BCUT2D eigenvalue weighted by atomic mass is 16.4. The maximum Gasteiger partial charge on any atom is 0.307 e. The molecule has 6 heteroatoms. The summed E-state index contributed by atoms with van der Waals surface area (Å²) >= 11 is 0. The molecule has 0 fully saturated rings. The van der Waals surface area contributed by atoms with Crippen molar-refractivity contribution in [3.05, 3.63) is 17.7 Å². The fraction of sp³-hybridized carbons (Fsp3) is 0.462. The number of hydrogen-bond donors (Lipinski definition) is 5. The Morgan fingerprint density at radius 2 is 1.95 bits per heavy atom. The molecule has 0 saturated carbocycles. The maximum absolute atomic E-state index is 11.0. The lowest BCUT2D eigenvalue weighted by atomic mass is 9.86. The first-order valence-corrected chi connectivity index (χ1v) is 6.08. The predicted molar refractivity (Wildman–Crippen MR) is 69.3 cm³/mol. The molecule has 0 aliphatic heterocycles. The topological polar surface area (TPSA) is 124 Å². The van der Waals surface area contributed by atoms with Crippen LogP contribution in [-0.4, -0.2) is 32.9 Å². The van der Waals surface area contributed by atoms with E-state index < -0.39 is 17.6 Å². The number of rotatable bonds is 6. The van der Waals surface area contributed by atoms with Crippen molar-refractivity contribution in [1.82, 2.24) is 0 Å². The summed E-state index contributed by atoms with van der Waals surface area (Å²) in [6.45, 7) is 1.83. The van der Waals surface area contributed by atoms with E-state index in [0.717, 1.165) is 6.07 Å². The third kappa shape index (κ3) is 3.51. The van der Waals surface area contributed by atoms with Crippen LogP contribution in [-0.2, 0) is 4.79 Å². The van der Waals surface area contributed by atoms with Crippen molar-refractivity contribution in [2.75, 3.05) is 6.54 Å². The molecule has 2 atom stereocenters. The highest BCUT2D eigenvalue weighted by Gasteiger charge is 2.24. The van der Waals surface area contributed by atoms with Crippen molar-refractivity contribution in [1.29, 1.82) is 0 Å². The van der Waals surface area contributed by atoms with E-state index in [0.29, 0.717) is 12.0 Å². The van der Waals surface area contributed by atoms with Gasteiger partial charge in [0.1, 0.15) is 5.75 Å². The summed E-state index contributed by atoms with van der Waals surface area (Å²) in [6, 6.07) is 2.36. The molecule has 0 aliphatic rings. The van der Waals surface area contributed by atoms with Crippen molar-refractivity contribution < 1.29 is 25.2 Å². The summed E-state index contributed by atoms with van der Waals surface area (Å²) in [6.07, 6.45) is 0.791. The van der Waals surface area contributed by atoms with Gasteiger partial charge >= 0.3 is 5.97 Å². The van der Waals surface area contributed by atoms with Crippen LogP contribution in [0.2, 0.25) is 0 Å². The molecular weight excluding hydrogens is 250 g/mol. The molecule has 0 aromatic heterocycles. The number of carboxylic acids is 1. The third-order valence-corrected chi connectivity index (χ3v) is 3.24. The highest BCUT2D eigenvalue weighted by Crippen LogP contribution is 2.40. The number of aliphatic carboxylic acids is 1. The molecule has 0 saturated heterocycles. The molecule has 1 aromatic carbocycles. The minimum atomic E-state index is -0.996. The van der Waals surface area contributed by atoms with Crippen LogP contribution in [0.3, 0.4) is 0 Å². The summed E-state index contributed by atoms with van der Waals surface area (Å²) in [5.74, 6) is -2.96. The SMILES string of the molecule is CCC(CC(CN)C(=O)O)c1cc(O)cc(O)c1O. The number of hydrogen-bond acceptors (Lipinski definition) is 5. The minimum absolute atomic E-state index is 0.00259. The number of nitrogens with two attached hydrogens (primary N) is 1. The van der Waals surface area contributed by atoms with Crippen LogP contribution in [0.25, 0.3) is 0 Å². The Morgan fingerprint density at radius 1 is 1.32 bits per heavy atom. The smallest absolute Gasteiger partial charge is 0.307 e. The average molecular weight is 269 g/mol. The fourth-order valence-corrected chi connectivity index (χ4v) is 2.09. The molecule has 0 amide bonds. The van der Waals surface area contributed by atoms with Crippen LogP contribution in [0.5, 0.6) is 17.2 Å². The first-order chi connectivity index (χ1) is 8.90. The van der Waals surface area contributed by atoms with E-state index in [1.807, 2.05) is 6.92 Å². The lowest BCUT2D eigenvalue weighted by Crippen LogP contribution is -2.25. The number of phenolic OH excluding ortho intramolecular Hbond substituents is 3. The van der Waals surface area contributed by atoms with Gasteiger partial charge in [0.05, 0.1) is 5.92 Å². The second-order valence-corrected chi connectivity index (χ2v) is 4.51. The van der Waals surface area contributed by atoms with Crippen molar-refractivity contribution >= 4 is 5.97 Å². The summed E-state index contributed by atoms with van der Waals surface area (Å²) in [4.78, 5) is 11.0. The van der Waals surface area contributed by atoms with E-state index in [2.05, 4.69) is 0 Å². The van der Waals surface area contributed by atoms with E-state index in [1.165, 1.54) is 6.07 Å². The normalized spacial score (nSPS) is 14.0. The van der Waals surface area contributed by atoms with E-state index in [1.54, 1.807) is 0 Å². The van der Waals surface area contributed by atoms with Crippen LogP contribution in [0.15, 0.2) is 12.1 Å². The van der Waals surface area contributed by atoms with Crippen LogP contribution >= 0.6 is 0 Å². The van der Waals surface area contributed by atoms with Crippen LogP contribution in [0.4, 0.5) is 0 Å². The average Bonchev–Trinajstić information content (AvgIpc) is 2.35. The van der Waals surface area contributed by atoms with Gasteiger partial charge < -0.3 is 26.2 Å². The fourth-order valence-electron chi connectivity index (χ4n) is 2.09. The Hall–Kier alpha value is -1.95. The third-order valence-electron chi connectivity index (χ3n) is 3.24. The van der Waals surface area contributed by atoms with Gasteiger partial charge in [0.25, 0.3) is 0 Å². The second-order valence-electron chi connectivity index (χ2n) is 4.51. The van der Waals surface area contributed by atoms with Crippen LogP contribution in [0, 0.1) is 5.92 Å². The molecule has 0 heterocycles. The molecule has 0 aliphatic carbocycles. The standard InChI is InChI=1S/C13H19NO5/c1-2-7(3-8(6-14)13(18)19)10-4-9(15)5-11(16)12(10)17/h4-5,7-8,15-17H,2-3,6,14H2,1H3,(H,18,19). The van der Waals surface area contributed by atoms with Crippen molar-refractivity contribution in [2.24, 2.45) is 11.7 Å². The molecule has 0 spiro atoms. The summed E-state index contributed by atoms with van der Waals surface area (Å²) in [7, 11) is 0. The highest BCUT2D eigenvalue weighted by molar-refractivity contribution is 5.70. The van der Waals surface area contributed by atoms with Gasteiger partial charge in [0.15, 0.2) is 11.5 Å². The lowest BCUT2D eigenvalue weighted by molar-refractivity contribution is -0.141. The summed E-state index contributed by atoms with van der Waals surface area (Å²) < 4.78 is 0. The van der Waals surface area contributed by atoms with Crippen molar-refractivity contribution in [2.45, 2.75) is 25.7 Å². The van der Waals surface area contributed by atoms with Crippen LogP contribution < -0.4 is 5.73 Å². The van der Waals surface area contributed by atoms with Gasteiger partial charge in [-0.25, -0.2) is 0 Å². The zero-order chi connectivity index (χ0) is 14.6. The molecule has 19 heavy (non-hydrogen) atoms. The largest absolute Gasteiger partial charge is 0.508 e. The van der Waals surface area contributed by atoms with Crippen LogP contribution in [0.1, 0.15) is 31.2 Å². The zero-order valence-corrected chi connectivity index (χ0v) is 10.7. The van der Waals surface area contributed by atoms with Gasteiger partial charge in [-0.1, -0.05) is 6.92 Å². The predicted octanol–water partition coefficient (Wildman–Crippen LogP) is 1.35. The van der Waals surface area contributed by atoms with E-state index in [4.69, 9.17) is 10.8 Å². The summed E-state index contributed by atoms with van der Waals surface area (Å²) in [5.41, 5.74) is 5.74. The Balaban J connectivity index is 3.06. The number of aromatic hydroxyl groups is 3. The first kappa shape index (κ1) is 15.1. The lowest BCUT2D eigenvalue weighted by Gasteiger charge is -2.20. The van der Waals surface area contributed by atoms with Crippen molar-refractivity contribution in [3.63, 3.8) is 0 Å². The maximum atomic E-state index is 11.0. The van der Waals surface area contributed by atoms with Gasteiger partial charge in [-0.3, -0.25) is 4.79 Å². The van der Waals surface area contributed by atoms with Crippen molar-refractivity contribution in [3.8, 4) is 17.2 Å². The quantitative estimate of drug-likeness (QED) is 0.392. The Morgan fingerprint density at radius 3 is 2.42 bits per heavy atom. The second kappa shape index (κ2) is 6.29. The van der Waals surface area contributed by atoms with E-state index >= 15 is 0 Å². The summed E-state index contributed by atoms with van der Waals surface area (Å²) in [5, 5.41) is 37.7. The Labute approximate surface area is 111 Å².